The molecule has 0 amide bonds. The van der Waals surface area contributed by atoms with Crippen LogP contribution in [0.2, 0.25) is 0 Å². The molecule has 0 aliphatic rings. The molecule has 0 aliphatic heterocycles. The average Bonchev–Trinajstić information content (AvgIpc) is 2.32. The zero-order valence-electron chi connectivity index (χ0n) is 11.2. The SMILES string of the molecule is CC(C)N(CCCC(=O)O)Cc1cccc(F)c1Br. The largest absolute Gasteiger partial charge is 0.481 e. The number of carboxylic acid groups (broad SMARTS) is 1. The van der Waals surface area contributed by atoms with Crippen molar-refractivity contribution in [2.45, 2.75) is 39.3 Å². The minimum atomic E-state index is -0.782. The molecule has 0 aliphatic carbocycles. The highest BCUT2D eigenvalue weighted by Gasteiger charge is 2.13. The first-order valence-electron chi connectivity index (χ1n) is 6.30. The summed E-state index contributed by atoms with van der Waals surface area (Å²) < 4.78 is 13.9. The third-order valence-corrected chi connectivity index (χ3v) is 3.86. The molecule has 0 radical (unpaired) electrons. The molecule has 19 heavy (non-hydrogen) atoms. The van der Waals surface area contributed by atoms with Crippen LogP contribution in [0.1, 0.15) is 32.3 Å². The molecule has 5 heteroatoms. The second kappa shape index (κ2) is 7.60. The van der Waals surface area contributed by atoms with Crippen LogP contribution in [-0.4, -0.2) is 28.6 Å². The molecule has 0 unspecified atom stereocenters. The predicted octanol–water partition coefficient (Wildman–Crippen LogP) is 3.66. The third-order valence-electron chi connectivity index (χ3n) is 2.97. The molecule has 0 bridgehead atoms. The van der Waals surface area contributed by atoms with E-state index in [0.29, 0.717) is 24.0 Å². The highest BCUT2D eigenvalue weighted by Crippen LogP contribution is 2.22. The molecule has 1 aromatic carbocycles. The second-order valence-electron chi connectivity index (χ2n) is 4.77. The molecule has 3 nitrogen and oxygen atoms in total. The van der Waals surface area contributed by atoms with Crippen LogP contribution in [0, 0.1) is 5.82 Å². The fraction of sp³-hybridized carbons (Fsp3) is 0.500. The Morgan fingerprint density at radius 3 is 2.74 bits per heavy atom. The maximum absolute atomic E-state index is 13.4. The van der Waals surface area contributed by atoms with Crippen LogP contribution in [0.25, 0.3) is 0 Å². The highest BCUT2D eigenvalue weighted by atomic mass is 79.9. The summed E-state index contributed by atoms with van der Waals surface area (Å²) in [6.45, 7) is 5.39. The molecule has 1 N–H and O–H groups in total. The number of hydrogen-bond donors (Lipinski definition) is 1. The normalized spacial score (nSPS) is 11.3. The van der Waals surface area contributed by atoms with E-state index in [-0.39, 0.29) is 18.3 Å². The van der Waals surface area contributed by atoms with E-state index in [1.807, 2.05) is 19.9 Å². The van der Waals surface area contributed by atoms with Crippen LogP contribution >= 0.6 is 15.9 Å². The molecule has 0 fully saturated rings. The van der Waals surface area contributed by atoms with Crippen molar-refractivity contribution in [2.24, 2.45) is 0 Å². The first-order valence-corrected chi connectivity index (χ1v) is 7.10. The molecule has 0 aromatic heterocycles. The van der Waals surface area contributed by atoms with E-state index in [1.54, 1.807) is 6.07 Å². The van der Waals surface area contributed by atoms with Gasteiger partial charge in [0.15, 0.2) is 0 Å². The number of aliphatic carboxylic acids is 1. The molecule has 0 saturated heterocycles. The molecule has 0 spiro atoms. The van der Waals surface area contributed by atoms with Crippen LogP contribution in [0.5, 0.6) is 0 Å². The molecular weight excluding hydrogens is 313 g/mol. The smallest absolute Gasteiger partial charge is 0.303 e. The van der Waals surface area contributed by atoms with Crippen molar-refractivity contribution in [3.8, 4) is 0 Å². The van der Waals surface area contributed by atoms with Gasteiger partial charge in [-0.25, -0.2) is 4.39 Å². The van der Waals surface area contributed by atoms with Crippen molar-refractivity contribution in [2.75, 3.05) is 6.54 Å². The first kappa shape index (κ1) is 16.1. The van der Waals surface area contributed by atoms with Crippen molar-refractivity contribution < 1.29 is 14.3 Å². The Morgan fingerprint density at radius 1 is 1.47 bits per heavy atom. The summed E-state index contributed by atoms with van der Waals surface area (Å²) in [5, 5.41) is 8.66. The van der Waals surface area contributed by atoms with E-state index < -0.39 is 5.97 Å². The topological polar surface area (TPSA) is 40.5 Å². The fourth-order valence-corrected chi connectivity index (χ4v) is 2.23. The van der Waals surface area contributed by atoms with Crippen LogP contribution in [0.4, 0.5) is 4.39 Å². The van der Waals surface area contributed by atoms with Crippen LogP contribution in [-0.2, 0) is 11.3 Å². The van der Waals surface area contributed by atoms with E-state index in [0.717, 1.165) is 5.56 Å². The maximum Gasteiger partial charge on any atom is 0.303 e. The number of carbonyl (C=O) groups is 1. The lowest BCUT2D eigenvalue weighted by Crippen LogP contribution is -2.31. The number of carboxylic acids is 1. The highest BCUT2D eigenvalue weighted by molar-refractivity contribution is 9.10. The molecule has 0 heterocycles. The Morgan fingerprint density at radius 2 is 2.16 bits per heavy atom. The Bertz CT molecular complexity index is 437. The minimum absolute atomic E-state index is 0.160. The molecule has 0 atom stereocenters. The zero-order valence-corrected chi connectivity index (χ0v) is 12.8. The number of hydrogen-bond acceptors (Lipinski definition) is 2. The Kier molecular flexibility index (Phi) is 6.45. The van der Waals surface area contributed by atoms with Crippen molar-refractivity contribution in [3.63, 3.8) is 0 Å². The zero-order chi connectivity index (χ0) is 14.4. The Hall–Kier alpha value is -0.940. The number of halogens is 2. The standard InChI is InChI=1S/C14H19BrFNO2/c1-10(2)17(8-4-7-13(18)19)9-11-5-3-6-12(16)14(11)15/h3,5-6,10H,4,7-9H2,1-2H3,(H,18,19). The van der Waals surface area contributed by atoms with Gasteiger partial charge in [0.05, 0.1) is 4.47 Å². The van der Waals surface area contributed by atoms with Gasteiger partial charge in [-0.15, -0.1) is 0 Å². The average molecular weight is 332 g/mol. The van der Waals surface area contributed by atoms with E-state index in [2.05, 4.69) is 20.8 Å². The quantitative estimate of drug-likeness (QED) is 0.828. The van der Waals surface area contributed by atoms with Gasteiger partial charge in [0.25, 0.3) is 0 Å². The van der Waals surface area contributed by atoms with E-state index >= 15 is 0 Å². The van der Waals surface area contributed by atoms with Crippen molar-refractivity contribution in [1.29, 1.82) is 0 Å². The van der Waals surface area contributed by atoms with E-state index in [9.17, 15) is 9.18 Å². The number of benzene rings is 1. The maximum atomic E-state index is 13.4. The van der Waals surface area contributed by atoms with Gasteiger partial charge in [-0.1, -0.05) is 12.1 Å². The summed E-state index contributed by atoms with van der Waals surface area (Å²) in [7, 11) is 0. The van der Waals surface area contributed by atoms with Crippen LogP contribution in [0.15, 0.2) is 22.7 Å². The number of nitrogens with zero attached hydrogens (tertiary/aromatic N) is 1. The van der Waals surface area contributed by atoms with Gasteiger partial charge in [-0.05, 0) is 54.4 Å². The summed E-state index contributed by atoms with van der Waals surface area (Å²) in [4.78, 5) is 12.7. The summed E-state index contributed by atoms with van der Waals surface area (Å²) in [5.41, 5.74) is 0.879. The monoisotopic (exact) mass is 331 g/mol. The van der Waals surface area contributed by atoms with Gasteiger partial charge < -0.3 is 5.11 Å². The van der Waals surface area contributed by atoms with Gasteiger partial charge in [0.1, 0.15) is 5.82 Å². The summed E-state index contributed by atoms with van der Waals surface area (Å²) >= 11 is 3.25. The summed E-state index contributed by atoms with van der Waals surface area (Å²) in [5.74, 6) is -1.05. The predicted molar refractivity (Wildman–Crippen MR) is 76.5 cm³/mol. The van der Waals surface area contributed by atoms with E-state index in [1.165, 1.54) is 6.07 Å². The summed E-state index contributed by atoms with van der Waals surface area (Å²) in [6.07, 6.45) is 0.758. The third kappa shape index (κ3) is 5.28. The minimum Gasteiger partial charge on any atom is -0.481 e. The van der Waals surface area contributed by atoms with Crippen molar-refractivity contribution >= 4 is 21.9 Å². The summed E-state index contributed by atoms with van der Waals surface area (Å²) in [6, 6.07) is 5.26. The van der Waals surface area contributed by atoms with Crippen molar-refractivity contribution in [3.05, 3.63) is 34.1 Å². The lowest BCUT2D eigenvalue weighted by Gasteiger charge is -2.26. The second-order valence-corrected chi connectivity index (χ2v) is 5.57. The van der Waals surface area contributed by atoms with Crippen molar-refractivity contribution in [1.82, 2.24) is 4.90 Å². The van der Waals surface area contributed by atoms with Gasteiger partial charge >= 0.3 is 5.97 Å². The lowest BCUT2D eigenvalue weighted by molar-refractivity contribution is -0.137. The molecule has 1 rings (SSSR count). The van der Waals surface area contributed by atoms with E-state index in [4.69, 9.17) is 5.11 Å². The van der Waals surface area contributed by atoms with Crippen LogP contribution < -0.4 is 0 Å². The molecular formula is C14H19BrFNO2. The lowest BCUT2D eigenvalue weighted by atomic mass is 10.1. The Balaban J connectivity index is 2.67. The van der Waals surface area contributed by atoms with Gasteiger partial charge in [0, 0.05) is 19.0 Å². The molecule has 106 valence electrons. The Labute approximate surface area is 121 Å². The molecule has 0 saturated carbocycles. The van der Waals surface area contributed by atoms with Gasteiger partial charge in [0.2, 0.25) is 0 Å². The number of rotatable bonds is 7. The molecule has 1 aromatic rings. The van der Waals surface area contributed by atoms with Gasteiger partial charge in [-0.2, -0.15) is 0 Å². The first-order chi connectivity index (χ1) is 8.91. The van der Waals surface area contributed by atoms with Crippen LogP contribution in [0.3, 0.4) is 0 Å². The fourth-order valence-electron chi connectivity index (χ4n) is 1.84. The van der Waals surface area contributed by atoms with Gasteiger partial charge in [-0.3, -0.25) is 9.69 Å².